The molecule has 11 nitrogen and oxygen atoms in total. The van der Waals surface area contributed by atoms with Crippen LogP contribution in [0.2, 0.25) is 0 Å². The van der Waals surface area contributed by atoms with Crippen molar-refractivity contribution in [2.24, 2.45) is 5.92 Å². The SMILES string of the molecule is CC(=O)OC1CC(=O)N1c1ccc(CN2C(=O)[C@@](O)([C@@H](C)/C=C/CCn3cc(C(CO)c4ccccc4)nn3)c3cc(Br)ccc32)cc1. The van der Waals surface area contributed by atoms with Gasteiger partial charge in [0.25, 0.3) is 5.91 Å². The van der Waals surface area contributed by atoms with Crippen LogP contribution in [0.5, 0.6) is 0 Å². The number of carbonyl (C=O) groups excluding carboxylic acids is 3. The number of fused-ring (bicyclic) bond motifs is 1. The standard InChI is InChI=1S/C36H36BrN5O6/c1-23(8-6-7-17-40-21-31(38-39-40)29(22-43)26-9-4-3-5-10-26)36(47)30-18-27(37)13-16-32(30)41(35(36)46)20-25-11-14-28(15-12-25)42-33(45)19-34(42)48-24(2)44/h3-6,8-16,18,21,23,29,34,43,47H,7,17,19-20,22H2,1-2H3/b8-6+/t23-,29?,34?,36+/m0/s1. The van der Waals surface area contributed by atoms with Crippen LogP contribution in [-0.2, 0) is 37.8 Å². The zero-order valence-electron chi connectivity index (χ0n) is 26.6. The summed E-state index contributed by atoms with van der Waals surface area (Å²) in [6.07, 6.45) is 5.72. The Balaban J connectivity index is 1.13. The molecule has 2 amide bonds. The Morgan fingerprint density at radius 1 is 1.12 bits per heavy atom. The number of benzene rings is 3. The summed E-state index contributed by atoms with van der Waals surface area (Å²) < 4.78 is 7.68. The van der Waals surface area contributed by atoms with E-state index in [1.807, 2.05) is 79.9 Å². The molecule has 0 aliphatic carbocycles. The van der Waals surface area contributed by atoms with Gasteiger partial charge in [-0.25, -0.2) is 0 Å². The predicted molar refractivity (Wildman–Crippen MR) is 182 cm³/mol. The number of halogens is 1. The smallest absolute Gasteiger partial charge is 0.304 e. The van der Waals surface area contributed by atoms with E-state index in [9.17, 15) is 24.6 Å². The fourth-order valence-electron chi connectivity index (χ4n) is 6.29. The third-order valence-corrected chi connectivity index (χ3v) is 9.39. The van der Waals surface area contributed by atoms with E-state index in [4.69, 9.17) is 4.74 Å². The highest BCUT2D eigenvalue weighted by atomic mass is 79.9. The molecule has 3 aromatic carbocycles. The number of hydrogen-bond donors (Lipinski definition) is 2. The Hall–Kier alpha value is -4.65. The monoisotopic (exact) mass is 713 g/mol. The van der Waals surface area contributed by atoms with Gasteiger partial charge in [-0.2, -0.15) is 0 Å². The predicted octanol–water partition coefficient (Wildman–Crippen LogP) is 4.81. The van der Waals surface area contributed by atoms with Crippen molar-refractivity contribution in [1.82, 2.24) is 15.0 Å². The summed E-state index contributed by atoms with van der Waals surface area (Å²) in [5.41, 5.74) is 2.39. The van der Waals surface area contributed by atoms with Gasteiger partial charge in [-0.15, -0.1) is 5.10 Å². The minimum Gasteiger partial charge on any atom is -0.441 e. The van der Waals surface area contributed by atoms with Gasteiger partial charge in [-0.05, 0) is 47.9 Å². The van der Waals surface area contributed by atoms with Crippen molar-refractivity contribution in [3.63, 3.8) is 0 Å². The van der Waals surface area contributed by atoms with Crippen LogP contribution in [0.15, 0.2) is 95.6 Å². The van der Waals surface area contributed by atoms with Gasteiger partial charge >= 0.3 is 5.97 Å². The molecule has 4 aromatic rings. The quantitative estimate of drug-likeness (QED) is 0.121. The maximum absolute atomic E-state index is 14.0. The molecule has 12 heteroatoms. The summed E-state index contributed by atoms with van der Waals surface area (Å²) in [6, 6.07) is 22.3. The molecule has 1 saturated heterocycles. The van der Waals surface area contributed by atoms with E-state index >= 15 is 0 Å². The number of anilines is 2. The number of aliphatic hydroxyl groups excluding tert-OH is 1. The van der Waals surface area contributed by atoms with Crippen LogP contribution in [0.3, 0.4) is 0 Å². The van der Waals surface area contributed by atoms with E-state index < -0.39 is 29.6 Å². The molecule has 3 heterocycles. The van der Waals surface area contributed by atoms with Crippen molar-refractivity contribution in [1.29, 1.82) is 0 Å². The van der Waals surface area contributed by atoms with Gasteiger partial charge in [0, 0.05) is 41.3 Å². The lowest BCUT2D eigenvalue weighted by atomic mass is 9.83. The number of aryl methyl sites for hydroxylation is 1. The Bertz CT molecular complexity index is 1850. The highest BCUT2D eigenvalue weighted by molar-refractivity contribution is 9.10. The first kappa shape index (κ1) is 33.3. The first-order chi connectivity index (χ1) is 23.1. The molecule has 1 aromatic heterocycles. The third-order valence-electron chi connectivity index (χ3n) is 8.90. The minimum atomic E-state index is -1.79. The van der Waals surface area contributed by atoms with Gasteiger partial charge in [-0.3, -0.25) is 24.0 Å². The van der Waals surface area contributed by atoms with Crippen LogP contribution in [0.25, 0.3) is 0 Å². The lowest BCUT2D eigenvalue weighted by Crippen LogP contribution is -2.54. The number of aliphatic hydroxyl groups is 2. The van der Waals surface area contributed by atoms with Crippen molar-refractivity contribution in [3.8, 4) is 0 Å². The Labute approximate surface area is 286 Å². The van der Waals surface area contributed by atoms with Gasteiger partial charge in [0.1, 0.15) is 0 Å². The second-order valence-corrected chi connectivity index (χ2v) is 13.0. The third kappa shape index (κ3) is 6.43. The van der Waals surface area contributed by atoms with E-state index in [-0.39, 0.29) is 31.4 Å². The molecule has 4 atom stereocenters. The summed E-state index contributed by atoms with van der Waals surface area (Å²) in [4.78, 5) is 40.6. The number of rotatable bonds is 12. The summed E-state index contributed by atoms with van der Waals surface area (Å²) in [7, 11) is 0. The van der Waals surface area contributed by atoms with Crippen molar-refractivity contribution in [3.05, 3.63) is 118 Å². The molecule has 248 valence electrons. The second-order valence-electron chi connectivity index (χ2n) is 12.1. The highest BCUT2D eigenvalue weighted by Crippen LogP contribution is 2.47. The average molecular weight is 715 g/mol. The van der Waals surface area contributed by atoms with Gasteiger partial charge < -0.3 is 19.8 Å². The summed E-state index contributed by atoms with van der Waals surface area (Å²) in [6.45, 7) is 3.79. The molecule has 0 saturated carbocycles. The number of nitrogens with zero attached hydrogens (tertiary/aromatic N) is 5. The molecule has 0 bridgehead atoms. The number of ether oxygens (including phenoxy) is 1. The molecule has 6 rings (SSSR count). The van der Waals surface area contributed by atoms with Crippen molar-refractivity contribution < 1.29 is 29.3 Å². The molecule has 48 heavy (non-hydrogen) atoms. The minimum absolute atomic E-state index is 0.0790. The number of hydrogen-bond acceptors (Lipinski definition) is 8. The summed E-state index contributed by atoms with van der Waals surface area (Å²) >= 11 is 3.50. The van der Waals surface area contributed by atoms with E-state index in [0.717, 1.165) is 15.6 Å². The molecule has 2 unspecified atom stereocenters. The first-order valence-electron chi connectivity index (χ1n) is 15.7. The van der Waals surface area contributed by atoms with Crippen LogP contribution in [0.4, 0.5) is 11.4 Å². The lowest BCUT2D eigenvalue weighted by Gasteiger charge is -2.39. The highest BCUT2D eigenvalue weighted by Gasteiger charge is 2.52. The van der Waals surface area contributed by atoms with E-state index in [0.29, 0.717) is 35.6 Å². The average Bonchev–Trinajstić information content (AvgIpc) is 3.61. The maximum atomic E-state index is 14.0. The molecule has 2 N–H and O–H groups in total. The topological polar surface area (TPSA) is 138 Å². The number of allylic oxidation sites excluding steroid dienone is 1. The van der Waals surface area contributed by atoms with Gasteiger partial charge in [0.15, 0.2) is 11.8 Å². The molecule has 1 fully saturated rings. The number of carbonyl (C=O) groups is 3. The Morgan fingerprint density at radius 2 is 1.88 bits per heavy atom. The normalized spacial score (nSPS) is 20.1. The number of esters is 1. The molecule has 2 aliphatic rings. The van der Waals surface area contributed by atoms with Gasteiger partial charge in [0.2, 0.25) is 5.91 Å². The Morgan fingerprint density at radius 3 is 2.56 bits per heavy atom. The molecule has 2 aliphatic heterocycles. The van der Waals surface area contributed by atoms with E-state index in [1.54, 1.807) is 27.8 Å². The molecule has 0 spiro atoms. The van der Waals surface area contributed by atoms with Crippen molar-refractivity contribution >= 4 is 45.1 Å². The molecular formula is C36H36BrN5O6. The largest absolute Gasteiger partial charge is 0.441 e. The maximum Gasteiger partial charge on any atom is 0.304 e. The number of aromatic nitrogens is 3. The number of amides is 2. The van der Waals surface area contributed by atoms with Gasteiger partial charge in [0.05, 0.1) is 36.9 Å². The zero-order valence-corrected chi connectivity index (χ0v) is 28.2. The van der Waals surface area contributed by atoms with Crippen molar-refractivity contribution in [2.75, 3.05) is 16.4 Å². The van der Waals surface area contributed by atoms with Crippen LogP contribution in [0, 0.1) is 5.92 Å². The summed E-state index contributed by atoms with van der Waals surface area (Å²) in [5.74, 6) is -1.84. The Kier molecular flexibility index (Phi) is 9.58. The molecule has 0 radical (unpaired) electrons. The van der Waals surface area contributed by atoms with Gasteiger partial charge in [-0.1, -0.05) is 82.7 Å². The molecular weight excluding hydrogens is 678 g/mol. The van der Waals surface area contributed by atoms with E-state index in [2.05, 4.69) is 26.2 Å². The first-order valence-corrected chi connectivity index (χ1v) is 16.5. The zero-order chi connectivity index (χ0) is 34.0. The number of β-lactam (4-membered cyclic amide) rings is 1. The van der Waals surface area contributed by atoms with Crippen molar-refractivity contribution in [2.45, 2.75) is 57.5 Å². The van der Waals surface area contributed by atoms with Crippen LogP contribution in [-0.4, -0.2) is 55.8 Å². The van der Waals surface area contributed by atoms with Crippen LogP contribution < -0.4 is 9.80 Å². The van der Waals surface area contributed by atoms with E-state index in [1.165, 1.54) is 11.8 Å². The lowest BCUT2D eigenvalue weighted by molar-refractivity contribution is -0.153. The summed E-state index contributed by atoms with van der Waals surface area (Å²) in [5, 5.41) is 30.5. The van der Waals surface area contributed by atoms with Crippen LogP contribution in [0.1, 0.15) is 55.0 Å². The van der Waals surface area contributed by atoms with Crippen LogP contribution >= 0.6 is 15.9 Å². The second kappa shape index (κ2) is 13.8. The fourth-order valence-corrected chi connectivity index (χ4v) is 6.65. The fraction of sp³-hybridized carbons (Fsp3) is 0.306.